The van der Waals surface area contributed by atoms with Crippen molar-refractivity contribution < 1.29 is 4.79 Å². The molecule has 3 aromatic rings. The Kier molecular flexibility index (Phi) is 3.50. The smallest absolute Gasteiger partial charge is 0.321 e. The molecule has 2 N–H and O–H groups in total. The van der Waals surface area contributed by atoms with Crippen molar-refractivity contribution in [2.45, 2.75) is 6.42 Å². The van der Waals surface area contributed by atoms with Gasteiger partial charge in [-0.15, -0.1) is 20.4 Å². The van der Waals surface area contributed by atoms with E-state index in [0.717, 1.165) is 11.5 Å². The highest BCUT2D eigenvalue weighted by atomic mass is 32.1. The fraction of sp³-hybridized carbons (Fsp3) is 0.182. The number of anilines is 1. The standard InChI is InChI=1S/C11H11N7OS/c19-10(14-11-17-13-7-20-11)12-5-4-9-16-15-8-3-1-2-6-18(8)9/h1-3,6-7H,4-5H2,(H2,12,14,17,19). The number of pyridine rings is 1. The van der Waals surface area contributed by atoms with E-state index in [1.54, 1.807) is 5.51 Å². The predicted octanol–water partition coefficient (Wildman–Crippen LogP) is 0.945. The molecule has 0 radical (unpaired) electrons. The van der Waals surface area contributed by atoms with Crippen LogP contribution >= 0.6 is 11.3 Å². The minimum absolute atomic E-state index is 0.310. The monoisotopic (exact) mass is 289 g/mol. The second-order valence-electron chi connectivity index (χ2n) is 3.92. The van der Waals surface area contributed by atoms with E-state index in [1.807, 2.05) is 28.8 Å². The number of urea groups is 1. The number of carbonyl (C=O) groups is 1. The van der Waals surface area contributed by atoms with Crippen LogP contribution in [0.25, 0.3) is 5.65 Å². The minimum atomic E-state index is -0.310. The molecule has 20 heavy (non-hydrogen) atoms. The fourth-order valence-corrected chi connectivity index (χ4v) is 2.16. The van der Waals surface area contributed by atoms with Gasteiger partial charge in [0.25, 0.3) is 0 Å². The highest BCUT2D eigenvalue weighted by molar-refractivity contribution is 7.13. The summed E-state index contributed by atoms with van der Waals surface area (Å²) in [5.41, 5.74) is 2.35. The summed E-state index contributed by atoms with van der Waals surface area (Å²) in [4.78, 5) is 11.6. The normalized spacial score (nSPS) is 10.6. The maximum absolute atomic E-state index is 11.6. The predicted molar refractivity (Wildman–Crippen MR) is 73.6 cm³/mol. The molecule has 0 unspecified atom stereocenters. The number of hydrogen-bond acceptors (Lipinski definition) is 6. The molecule has 102 valence electrons. The molecule has 0 aliphatic rings. The molecule has 0 fully saturated rings. The van der Waals surface area contributed by atoms with Gasteiger partial charge >= 0.3 is 6.03 Å². The van der Waals surface area contributed by atoms with Gasteiger partial charge in [0, 0.05) is 19.2 Å². The van der Waals surface area contributed by atoms with Crippen LogP contribution in [0.2, 0.25) is 0 Å². The Morgan fingerprint density at radius 2 is 2.25 bits per heavy atom. The second-order valence-corrected chi connectivity index (χ2v) is 4.75. The molecule has 3 aromatic heterocycles. The quantitative estimate of drug-likeness (QED) is 0.745. The number of aromatic nitrogens is 5. The van der Waals surface area contributed by atoms with E-state index in [9.17, 15) is 4.79 Å². The van der Waals surface area contributed by atoms with Crippen LogP contribution in [0.5, 0.6) is 0 Å². The van der Waals surface area contributed by atoms with Crippen LogP contribution in [0.1, 0.15) is 5.82 Å². The molecule has 0 bridgehead atoms. The number of carbonyl (C=O) groups excluding carboxylic acids is 1. The van der Waals surface area contributed by atoms with Gasteiger partial charge in [0.1, 0.15) is 11.3 Å². The third kappa shape index (κ3) is 2.72. The third-order valence-corrected chi connectivity index (χ3v) is 3.21. The maximum Gasteiger partial charge on any atom is 0.321 e. The van der Waals surface area contributed by atoms with Crippen LogP contribution in [0, 0.1) is 0 Å². The molecule has 0 atom stereocenters. The lowest BCUT2D eigenvalue weighted by molar-refractivity contribution is 0.252. The highest BCUT2D eigenvalue weighted by Crippen LogP contribution is 2.07. The molecule has 0 saturated heterocycles. The summed E-state index contributed by atoms with van der Waals surface area (Å²) in [6.45, 7) is 0.459. The molecule has 0 aromatic carbocycles. The fourth-order valence-electron chi connectivity index (χ4n) is 1.72. The molecule has 9 heteroatoms. The van der Waals surface area contributed by atoms with Gasteiger partial charge in [-0.2, -0.15) is 0 Å². The van der Waals surface area contributed by atoms with Crippen molar-refractivity contribution in [3.05, 3.63) is 35.7 Å². The number of fused-ring (bicyclic) bond motifs is 1. The number of rotatable bonds is 4. The molecule has 8 nitrogen and oxygen atoms in total. The van der Waals surface area contributed by atoms with Crippen LogP contribution in [0.3, 0.4) is 0 Å². The molecular weight excluding hydrogens is 278 g/mol. The number of nitrogens with zero attached hydrogens (tertiary/aromatic N) is 5. The van der Waals surface area contributed by atoms with E-state index in [0.29, 0.717) is 18.1 Å². The van der Waals surface area contributed by atoms with Gasteiger partial charge in [0.2, 0.25) is 5.13 Å². The zero-order chi connectivity index (χ0) is 13.8. The zero-order valence-electron chi connectivity index (χ0n) is 10.4. The Morgan fingerprint density at radius 1 is 1.30 bits per heavy atom. The maximum atomic E-state index is 11.6. The Bertz CT molecular complexity index is 708. The Balaban J connectivity index is 1.53. The van der Waals surface area contributed by atoms with Crippen LogP contribution in [0.4, 0.5) is 9.93 Å². The first-order valence-corrected chi connectivity index (χ1v) is 6.80. The van der Waals surface area contributed by atoms with Crippen molar-refractivity contribution in [3.63, 3.8) is 0 Å². The molecule has 0 aliphatic heterocycles. The Hall–Kier alpha value is -2.55. The van der Waals surface area contributed by atoms with E-state index >= 15 is 0 Å². The molecule has 0 saturated carbocycles. The molecular formula is C11H11N7OS. The van der Waals surface area contributed by atoms with Crippen LogP contribution < -0.4 is 10.6 Å². The van der Waals surface area contributed by atoms with Crippen molar-refractivity contribution in [1.82, 2.24) is 30.1 Å². The van der Waals surface area contributed by atoms with E-state index < -0.39 is 0 Å². The van der Waals surface area contributed by atoms with Gasteiger partial charge in [0.15, 0.2) is 5.65 Å². The lowest BCUT2D eigenvalue weighted by Gasteiger charge is -2.04. The number of nitrogens with one attached hydrogen (secondary N) is 2. The van der Waals surface area contributed by atoms with Crippen molar-refractivity contribution >= 4 is 28.1 Å². The molecule has 2 amide bonds. The zero-order valence-corrected chi connectivity index (χ0v) is 11.2. The van der Waals surface area contributed by atoms with Crippen molar-refractivity contribution in [1.29, 1.82) is 0 Å². The molecule has 0 aliphatic carbocycles. The lowest BCUT2D eigenvalue weighted by atomic mass is 10.4. The Labute approximate surface area is 117 Å². The van der Waals surface area contributed by atoms with Gasteiger partial charge < -0.3 is 5.32 Å². The van der Waals surface area contributed by atoms with E-state index in [4.69, 9.17) is 0 Å². The summed E-state index contributed by atoms with van der Waals surface area (Å²) in [7, 11) is 0. The summed E-state index contributed by atoms with van der Waals surface area (Å²) < 4.78 is 1.89. The first kappa shape index (κ1) is 12.5. The first-order valence-electron chi connectivity index (χ1n) is 5.92. The summed E-state index contributed by atoms with van der Waals surface area (Å²) in [6, 6.07) is 5.39. The molecule has 3 heterocycles. The highest BCUT2D eigenvalue weighted by Gasteiger charge is 2.06. The van der Waals surface area contributed by atoms with Gasteiger partial charge in [-0.05, 0) is 12.1 Å². The SMILES string of the molecule is O=C(NCCc1nnc2ccccn12)Nc1nncs1. The minimum Gasteiger partial charge on any atom is -0.337 e. The van der Waals surface area contributed by atoms with Crippen molar-refractivity contribution in [2.75, 3.05) is 11.9 Å². The summed E-state index contributed by atoms with van der Waals surface area (Å²) in [5.74, 6) is 0.803. The molecule has 3 rings (SSSR count). The van der Waals surface area contributed by atoms with Gasteiger partial charge in [-0.3, -0.25) is 9.72 Å². The van der Waals surface area contributed by atoms with Crippen molar-refractivity contribution in [2.24, 2.45) is 0 Å². The Morgan fingerprint density at radius 3 is 3.10 bits per heavy atom. The summed E-state index contributed by atoms with van der Waals surface area (Å²) in [5, 5.41) is 21.3. The average Bonchev–Trinajstić information content (AvgIpc) is 3.09. The number of hydrogen-bond donors (Lipinski definition) is 2. The van der Waals surface area contributed by atoms with Crippen LogP contribution in [-0.4, -0.2) is 37.4 Å². The van der Waals surface area contributed by atoms with Crippen molar-refractivity contribution in [3.8, 4) is 0 Å². The first-order chi connectivity index (χ1) is 9.83. The van der Waals surface area contributed by atoms with Gasteiger partial charge in [0.05, 0.1) is 0 Å². The third-order valence-electron chi connectivity index (χ3n) is 2.60. The van der Waals surface area contributed by atoms with E-state index in [1.165, 1.54) is 11.3 Å². The van der Waals surface area contributed by atoms with Gasteiger partial charge in [-0.1, -0.05) is 17.4 Å². The summed E-state index contributed by atoms with van der Waals surface area (Å²) >= 11 is 1.26. The largest absolute Gasteiger partial charge is 0.337 e. The number of amides is 2. The lowest BCUT2D eigenvalue weighted by Crippen LogP contribution is -2.30. The van der Waals surface area contributed by atoms with E-state index in [2.05, 4.69) is 31.0 Å². The van der Waals surface area contributed by atoms with Crippen LogP contribution in [-0.2, 0) is 6.42 Å². The topological polar surface area (TPSA) is 97.1 Å². The second kappa shape index (κ2) is 5.61. The van der Waals surface area contributed by atoms with Gasteiger partial charge in [-0.25, -0.2) is 4.79 Å². The van der Waals surface area contributed by atoms with E-state index in [-0.39, 0.29) is 6.03 Å². The molecule has 0 spiro atoms. The van der Waals surface area contributed by atoms with Crippen LogP contribution in [0.15, 0.2) is 29.9 Å². The summed E-state index contributed by atoms with van der Waals surface area (Å²) in [6.07, 6.45) is 2.49. The average molecular weight is 289 g/mol.